The molecule has 0 saturated carbocycles. The minimum absolute atomic E-state index is 0.256. The first-order valence-corrected chi connectivity index (χ1v) is 6.32. The van der Waals surface area contributed by atoms with E-state index in [2.05, 4.69) is 60.6 Å². The third-order valence-electron chi connectivity index (χ3n) is 3.17. The Bertz CT molecular complexity index is 341. The number of aryl methyl sites for hydroxylation is 2. The summed E-state index contributed by atoms with van der Waals surface area (Å²) in [6.45, 7) is 15.9. The largest absolute Gasteiger partial charge is 0.0625 e. The number of benzene rings is 1. The van der Waals surface area contributed by atoms with Crippen molar-refractivity contribution in [3.63, 3.8) is 0 Å². The number of hydrogen-bond acceptors (Lipinski definition) is 0. The first-order valence-electron chi connectivity index (χ1n) is 6.32. The standard InChI is InChI=1S/C16H26/c1-11(2)8-15-12(3)9-14(10-13(15)4)16(5,6)7/h9-11H,8H2,1-7H3. The van der Waals surface area contributed by atoms with Crippen molar-refractivity contribution >= 4 is 0 Å². The number of rotatable bonds is 2. The molecule has 0 unspecified atom stereocenters. The van der Waals surface area contributed by atoms with Gasteiger partial charge in [0.2, 0.25) is 0 Å². The number of hydrogen-bond donors (Lipinski definition) is 0. The van der Waals surface area contributed by atoms with Crippen LogP contribution >= 0.6 is 0 Å². The Morgan fingerprint density at radius 2 is 1.44 bits per heavy atom. The Balaban J connectivity index is 3.18. The summed E-state index contributed by atoms with van der Waals surface area (Å²) in [5.41, 5.74) is 6.17. The van der Waals surface area contributed by atoms with Gasteiger partial charge in [-0.15, -0.1) is 0 Å². The maximum atomic E-state index is 2.37. The highest BCUT2D eigenvalue weighted by Crippen LogP contribution is 2.27. The van der Waals surface area contributed by atoms with Crippen molar-refractivity contribution in [1.29, 1.82) is 0 Å². The van der Waals surface area contributed by atoms with Crippen molar-refractivity contribution < 1.29 is 0 Å². The average molecular weight is 218 g/mol. The first-order chi connectivity index (χ1) is 7.21. The molecule has 0 atom stereocenters. The van der Waals surface area contributed by atoms with Crippen molar-refractivity contribution in [2.75, 3.05) is 0 Å². The van der Waals surface area contributed by atoms with Gasteiger partial charge in [0.05, 0.1) is 0 Å². The normalized spacial score (nSPS) is 12.2. The minimum atomic E-state index is 0.256. The quantitative estimate of drug-likeness (QED) is 0.669. The molecule has 0 saturated heterocycles. The second-order valence-corrected chi connectivity index (χ2v) is 6.44. The topological polar surface area (TPSA) is 0 Å². The van der Waals surface area contributed by atoms with Crippen LogP contribution in [0.1, 0.15) is 56.9 Å². The molecule has 0 spiro atoms. The zero-order chi connectivity index (χ0) is 12.5. The van der Waals surface area contributed by atoms with Crippen LogP contribution in [0.25, 0.3) is 0 Å². The van der Waals surface area contributed by atoms with Gasteiger partial charge in [0, 0.05) is 0 Å². The SMILES string of the molecule is Cc1cc(C(C)(C)C)cc(C)c1CC(C)C. The van der Waals surface area contributed by atoms with Gasteiger partial charge in [-0.05, 0) is 53.9 Å². The lowest BCUT2D eigenvalue weighted by molar-refractivity contribution is 0.587. The summed E-state index contributed by atoms with van der Waals surface area (Å²) < 4.78 is 0. The Hall–Kier alpha value is -0.780. The monoisotopic (exact) mass is 218 g/mol. The van der Waals surface area contributed by atoms with Crippen LogP contribution in [0, 0.1) is 19.8 Å². The molecule has 0 aliphatic carbocycles. The van der Waals surface area contributed by atoms with E-state index < -0.39 is 0 Å². The summed E-state index contributed by atoms with van der Waals surface area (Å²) in [4.78, 5) is 0. The lowest BCUT2D eigenvalue weighted by atomic mass is 9.82. The van der Waals surface area contributed by atoms with Crippen LogP contribution in [0.2, 0.25) is 0 Å². The molecule has 0 aliphatic heterocycles. The highest BCUT2D eigenvalue weighted by molar-refractivity contribution is 5.40. The summed E-state index contributed by atoms with van der Waals surface area (Å²) in [5.74, 6) is 0.734. The first kappa shape index (κ1) is 13.3. The van der Waals surface area contributed by atoms with Gasteiger partial charge in [0.25, 0.3) is 0 Å². The van der Waals surface area contributed by atoms with Crippen molar-refractivity contribution in [3.8, 4) is 0 Å². The van der Waals surface area contributed by atoms with Gasteiger partial charge in [0.15, 0.2) is 0 Å². The van der Waals surface area contributed by atoms with Crippen LogP contribution in [-0.4, -0.2) is 0 Å². The van der Waals surface area contributed by atoms with Crippen molar-refractivity contribution in [2.45, 2.75) is 60.3 Å². The predicted octanol–water partition coefficient (Wildman–Crippen LogP) is 4.80. The third kappa shape index (κ3) is 3.10. The fourth-order valence-corrected chi connectivity index (χ4v) is 2.16. The molecule has 0 aromatic heterocycles. The Labute approximate surface area is 101 Å². The molecule has 0 heteroatoms. The molecule has 0 fully saturated rings. The van der Waals surface area contributed by atoms with Crippen molar-refractivity contribution in [2.24, 2.45) is 5.92 Å². The molecule has 0 radical (unpaired) electrons. The molecule has 0 bridgehead atoms. The fourth-order valence-electron chi connectivity index (χ4n) is 2.16. The molecule has 0 nitrogen and oxygen atoms in total. The van der Waals surface area contributed by atoms with E-state index in [1.807, 2.05) is 0 Å². The lowest BCUT2D eigenvalue weighted by Crippen LogP contribution is -2.13. The van der Waals surface area contributed by atoms with Crippen molar-refractivity contribution in [1.82, 2.24) is 0 Å². The van der Waals surface area contributed by atoms with Gasteiger partial charge in [-0.3, -0.25) is 0 Å². The Morgan fingerprint density at radius 1 is 1.00 bits per heavy atom. The molecule has 0 N–H and O–H groups in total. The van der Waals surface area contributed by atoms with E-state index in [0.29, 0.717) is 0 Å². The van der Waals surface area contributed by atoms with Crippen LogP contribution in [0.5, 0.6) is 0 Å². The molecule has 16 heavy (non-hydrogen) atoms. The van der Waals surface area contributed by atoms with Gasteiger partial charge < -0.3 is 0 Å². The van der Waals surface area contributed by atoms with E-state index in [1.54, 1.807) is 5.56 Å². The zero-order valence-corrected chi connectivity index (χ0v) is 11.9. The highest BCUT2D eigenvalue weighted by atomic mass is 14.2. The molecule has 1 aromatic rings. The van der Waals surface area contributed by atoms with E-state index in [9.17, 15) is 0 Å². The van der Waals surface area contributed by atoms with Crippen LogP contribution in [0.15, 0.2) is 12.1 Å². The maximum absolute atomic E-state index is 2.37. The van der Waals surface area contributed by atoms with Gasteiger partial charge >= 0.3 is 0 Å². The van der Waals surface area contributed by atoms with E-state index in [1.165, 1.54) is 23.1 Å². The fraction of sp³-hybridized carbons (Fsp3) is 0.625. The molecule has 0 aliphatic rings. The summed E-state index contributed by atoms with van der Waals surface area (Å²) >= 11 is 0. The molecule has 1 rings (SSSR count). The second kappa shape index (κ2) is 4.61. The van der Waals surface area contributed by atoms with Gasteiger partial charge in [0.1, 0.15) is 0 Å². The highest BCUT2D eigenvalue weighted by Gasteiger charge is 2.16. The maximum Gasteiger partial charge on any atom is -0.0132 e. The van der Waals surface area contributed by atoms with Crippen LogP contribution in [0.3, 0.4) is 0 Å². The van der Waals surface area contributed by atoms with Crippen LogP contribution < -0.4 is 0 Å². The molecule has 1 aromatic carbocycles. The van der Waals surface area contributed by atoms with E-state index in [0.717, 1.165) is 5.92 Å². The second-order valence-electron chi connectivity index (χ2n) is 6.44. The molecule has 0 amide bonds. The Kier molecular flexibility index (Phi) is 3.83. The van der Waals surface area contributed by atoms with Gasteiger partial charge in [-0.2, -0.15) is 0 Å². The van der Waals surface area contributed by atoms with E-state index >= 15 is 0 Å². The van der Waals surface area contributed by atoms with Crippen LogP contribution in [-0.2, 0) is 11.8 Å². The molecule has 90 valence electrons. The Morgan fingerprint density at radius 3 is 1.75 bits per heavy atom. The smallest absolute Gasteiger partial charge is 0.0132 e. The summed E-state index contributed by atoms with van der Waals surface area (Å²) in [6.07, 6.45) is 1.20. The van der Waals surface area contributed by atoms with E-state index in [-0.39, 0.29) is 5.41 Å². The minimum Gasteiger partial charge on any atom is -0.0625 e. The zero-order valence-electron chi connectivity index (χ0n) is 11.9. The third-order valence-corrected chi connectivity index (χ3v) is 3.17. The molecular formula is C16H26. The van der Waals surface area contributed by atoms with Crippen LogP contribution in [0.4, 0.5) is 0 Å². The van der Waals surface area contributed by atoms with E-state index in [4.69, 9.17) is 0 Å². The van der Waals surface area contributed by atoms with Gasteiger partial charge in [-0.1, -0.05) is 46.8 Å². The predicted molar refractivity (Wildman–Crippen MR) is 73.2 cm³/mol. The van der Waals surface area contributed by atoms with Gasteiger partial charge in [-0.25, -0.2) is 0 Å². The average Bonchev–Trinajstić information content (AvgIpc) is 2.09. The van der Waals surface area contributed by atoms with Crippen molar-refractivity contribution in [3.05, 3.63) is 34.4 Å². The molecular weight excluding hydrogens is 192 g/mol. The summed E-state index contributed by atoms with van der Waals surface area (Å²) in [5, 5.41) is 0. The summed E-state index contributed by atoms with van der Waals surface area (Å²) in [7, 11) is 0. The molecule has 0 heterocycles. The summed E-state index contributed by atoms with van der Waals surface area (Å²) in [6, 6.07) is 4.73. The lowest BCUT2D eigenvalue weighted by Gasteiger charge is -2.23.